The summed E-state index contributed by atoms with van der Waals surface area (Å²) >= 11 is 1.72. The van der Waals surface area contributed by atoms with Crippen LogP contribution in [0.4, 0.5) is 0 Å². The van der Waals surface area contributed by atoms with E-state index < -0.39 is 6.10 Å². The molecule has 1 aromatic heterocycles. The number of carbonyl (C=O) groups is 1. The highest BCUT2D eigenvalue weighted by molar-refractivity contribution is 7.10. The Labute approximate surface area is 199 Å². The monoisotopic (exact) mass is 478 g/mol. The van der Waals surface area contributed by atoms with Gasteiger partial charge in [-0.05, 0) is 35.6 Å². The van der Waals surface area contributed by atoms with Gasteiger partial charge in [-0.1, -0.05) is 6.07 Å². The summed E-state index contributed by atoms with van der Waals surface area (Å²) in [5.74, 6) is 1.43. The van der Waals surface area contributed by atoms with Gasteiger partial charge in [0, 0.05) is 44.8 Å². The van der Waals surface area contributed by atoms with E-state index in [2.05, 4.69) is 11.4 Å². The molecule has 0 fully saturated rings. The van der Waals surface area contributed by atoms with Crippen molar-refractivity contribution in [2.75, 3.05) is 67.3 Å². The molecule has 0 aliphatic carbocycles. The van der Waals surface area contributed by atoms with Crippen molar-refractivity contribution >= 4 is 17.2 Å². The van der Waals surface area contributed by atoms with Crippen molar-refractivity contribution in [1.82, 2.24) is 9.80 Å². The minimum atomic E-state index is -0.670. The summed E-state index contributed by atoms with van der Waals surface area (Å²) in [7, 11) is 4.80. The number of fused-ring (bicyclic) bond motifs is 1. The highest BCUT2D eigenvalue weighted by atomic mass is 32.1. The zero-order valence-electron chi connectivity index (χ0n) is 19.6. The number of aliphatic hydroxyl groups is 1. The van der Waals surface area contributed by atoms with Crippen LogP contribution in [-0.4, -0.2) is 94.2 Å². The topological polar surface area (TPSA) is 80.7 Å². The summed E-state index contributed by atoms with van der Waals surface area (Å²) in [6.45, 7) is 2.77. The van der Waals surface area contributed by atoms with E-state index in [1.54, 1.807) is 32.7 Å². The fourth-order valence-electron chi connectivity index (χ4n) is 4.02. The number of aliphatic hydroxyl groups excluding tert-OH is 1. The Morgan fingerprint density at radius 2 is 2.06 bits per heavy atom. The zero-order chi connectivity index (χ0) is 23.6. The first-order valence-electron chi connectivity index (χ1n) is 11.1. The van der Waals surface area contributed by atoms with Crippen LogP contribution in [0.5, 0.6) is 11.5 Å². The lowest BCUT2D eigenvalue weighted by Gasteiger charge is -2.37. The first-order valence-corrected chi connectivity index (χ1v) is 11.9. The van der Waals surface area contributed by atoms with Crippen LogP contribution in [0.3, 0.4) is 0 Å². The third-order valence-electron chi connectivity index (χ3n) is 5.66. The Balaban J connectivity index is 1.71. The van der Waals surface area contributed by atoms with Gasteiger partial charge in [0.15, 0.2) is 0 Å². The summed E-state index contributed by atoms with van der Waals surface area (Å²) in [6.07, 6.45) is 0.162. The van der Waals surface area contributed by atoms with Gasteiger partial charge in [0.05, 0.1) is 39.0 Å². The quantitative estimate of drug-likeness (QED) is 0.473. The van der Waals surface area contributed by atoms with E-state index in [9.17, 15) is 9.90 Å². The number of carbonyl (C=O) groups excluding carboxylic acids is 1. The molecule has 2 aromatic rings. The minimum Gasteiger partial charge on any atom is -0.497 e. The van der Waals surface area contributed by atoms with Crippen LogP contribution in [-0.2, 0) is 20.7 Å². The second-order valence-electron chi connectivity index (χ2n) is 7.98. The Kier molecular flexibility index (Phi) is 9.95. The normalized spacial score (nSPS) is 16.5. The molecule has 33 heavy (non-hydrogen) atoms. The van der Waals surface area contributed by atoms with E-state index in [1.807, 2.05) is 34.1 Å². The highest BCUT2D eigenvalue weighted by Gasteiger charge is 2.33. The van der Waals surface area contributed by atoms with Crippen molar-refractivity contribution in [1.29, 1.82) is 0 Å². The molecule has 0 radical (unpaired) electrons. The Hall–Kier alpha value is -2.17. The number of thiophene rings is 1. The molecule has 9 heteroatoms. The largest absolute Gasteiger partial charge is 0.497 e. The lowest BCUT2D eigenvalue weighted by Crippen LogP contribution is -2.48. The molecule has 3 rings (SSSR count). The van der Waals surface area contributed by atoms with E-state index in [0.29, 0.717) is 38.6 Å². The number of amides is 1. The van der Waals surface area contributed by atoms with Crippen molar-refractivity contribution < 1.29 is 28.8 Å². The van der Waals surface area contributed by atoms with Gasteiger partial charge in [-0.25, -0.2) is 0 Å². The van der Waals surface area contributed by atoms with Gasteiger partial charge in [-0.3, -0.25) is 9.69 Å². The van der Waals surface area contributed by atoms with Gasteiger partial charge in [0.1, 0.15) is 18.1 Å². The van der Waals surface area contributed by atoms with Crippen LogP contribution in [0, 0.1) is 0 Å². The van der Waals surface area contributed by atoms with Gasteiger partial charge in [0.2, 0.25) is 5.91 Å². The summed E-state index contributed by atoms with van der Waals surface area (Å²) in [5.41, 5.74) is 1.14. The van der Waals surface area contributed by atoms with Gasteiger partial charge >= 0.3 is 0 Å². The molecule has 0 unspecified atom stereocenters. The molecule has 2 heterocycles. The van der Waals surface area contributed by atoms with Gasteiger partial charge in [-0.15, -0.1) is 11.3 Å². The molecular formula is C24H34N2O6S. The Bertz CT molecular complexity index is 876. The molecule has 0 saturated carbocycles. The Morgan fingerprint density at radius 3 is 2.82 bits per heavy atom. The third kappa shape index (κ3) is 7.15. The van der Waals surface area contributed by atoms with E-state index in [1.165, 1.54) is 4.88 Å². The van der Waals surface area contributed by atoms with Crippen LogP contribution < -0.4 is 9.47 Å². The standard InChI is InChI=1S/C24H34N2O6S/c1-29-11-10-25(14-18(27)16-30-2)15-24(28)26-9-7-23-21(8-12-33-23)22(26)17-32-20-6-4-5-19(13-20)31-3/h4-6,8,12-13,18,22,27H,7,9-11,14-17H2,1-3H3/t18-,22-/m0/s1. The van der Waals surface area contributed by atoms with Gasteiger partial charge < -0.3 is 29.0 Å². The zero-order valence-corrected chi connectivity index (χ0v) is 20.4. The molecule has 182 valence electrons. The molecule has 0 saturated heterocycles. The fourth-order valence-corrected chi connectivity index (χ4v) is 4.95. The maximum absolute atomic E-state index is 13.4. The number of rotatable bonds is 13. The lowest BCUT2D eigenvalue weighted by atomic mass is 10.0. The molecule has 1 aromatic carbocycles. The van der Waals surface area contributed by atoms with Crippen LogP contribution >= 0.6 is 11.3 Å². The highest BCUT2D eigenvalue weighted by Crippen LogP contribution is 2.34. The number of hydrogen-bond donors (Lipinski definition) is 1. The number of hydrogen-bond acceptors (Lipinski definition) is 8. The maximum atomic E-state index is 13.4. The smallest absolute Gasteiger partial charge is 0.237 e. The molecule has 0 spiro atoms. The van der Waals surface area contributed by atoms with Crippen molar-refractivity contribution in [3.63, 3.8) is 0 Å². The fraction of sp³-hybridized carbons (Fsp3) is 0.542. The molecule has 0 bridgehead atoms. The third-order valence-corrected chi connectivity index (χ3v) is 6.66. The first kappa shape index (κ1) is 25.5. The second kappa shape index (κ2) is 12.9. The molecule has 1 amide bonds. The molecule has 1 aliphatic rings. The van der Waals surface area contributed by atoms with E-state index in [4.69, 9.17) is 18.9 Å². The molecule has 1 N–H and O–H groups in total. The first-order chi connectivity index (χ1) is 16.0. The number of benzene rings is 1. The van der Waals surface area contributed by atoms with Crippen molar-refractivity contribution in [2.45, 2.75) is 18.6 Å². The molecule has 1 aliphatic heterocycles. The summed E-state index contributed by atoms with van der Waals surface area (Å²) in [6, 6.07) is 9.39. The van der Waals surface area contributed by atoms with Crippen LogP contribution in [0.1, 0.15) is 16.5 Å². The number of methoxy groups -OCH3 is 3. The SMILES string of the molecule is COCCN(CC(=O)N1CCc2sccc2[C@@H]1COc1cccc(OC)c1)C[C@H](O)COC. The number of ether oxygens (including phenoxy) is 4. The molecular weight excluding hydrogens is 444 g/mol. The molecule has 8 nitrogen and oxygen atoms in total. The summed E-state index contributed by atoms with van der Waals surface area (Å²) in [5, 5.41) is 12.3. The van der Waals surface area contributed by atoms with E-state index in [0.717, 1.165) is 17.7 Å². The van der Waals surface area contributed by atoms with Crippen LogP contribution in [0.15, 0.2) is 35.7 Å². The average Bonchev–Trinajstić information content (AvgIpc) is 3.30. The van der Waals surface area contributed by atoms with Gasteiger partial charge in [-0.2, -0.15) is 0 Å². The van der Waals surface area contributed by atoms with E-state index >= 15 is 0 Å². The summed E-state index contributed by atoms with van der Waals surface area (Å²) < 4.78 is 21.6. The Morgan fingerprint density at radius 1 is 1.24 bits per heavy atom. The van der Waals surface area contributed by atoms with Crippen molar-refractivity contribution in [2.24, 2.45) is 0 Å². The predicted octanol–water partition coefficient (Wildman–Crippen LogP) is 2.22. The number of nitrogens with zero attached hydrogens (tertiary/aromatic N) is 2. The second-order valence-corrected chi connectivity index (χ2v) is 8.98. The summed E-state index contributed by atoms with van der Waals surface area (Å²) in [4.78, 5) is 18.5. The van der Waals surface area contributed by atoms with Gasteiger partial charge in [0.25, 0.3) is 0 Å². The van der Waals surface area contributed by atoms with Crippen molar-refractivity contribution in [3.8, 4) is 11.5 Å². The maximum Gasteiger partial charge on any atom is 0.237 e. The van der Waals surface area contributed by atoms with E-state index in [-0.39, 0.29) is 25.1 Å². The van der Waals surface area contributed by atoms with Crippen LogP contribution in [0.2, 0.25) is 0 Å². The van der Waals surface area contributed by atoms with Crippen molar-refractivity contribution in [3.05, 3.63) is 46.2 Å². The minimum absolute atomic E-state index is 0.00631. The predicted molar refractivity (Wildman–Crippen MR) is 127 cm³/mol. The molecule has 2 atom stereocenters. The van der Waals surface area contributed by atoms with Crippen LogP contribution in [0.25, 0.3) is 0 Å². The average molecular weight is 479 g/mol. The lowest BCUT2D eigenvalue weighted by molar-refractivity contribution is -0.136.